The van der Waals surface area contributed by atoms with E-state index in [-0.39, 0.29) is 0 Å². The van der Waals surface area contributed by atoms with Crippen LogP contribution in [0.5, 0.6) is 0 Å². The van der Waals surface area contributed by atoms with Crippen LogP contribution in [0.2, 0.25) is 0 Å². The lowest BCUT2D eigenvalue weighted by Crippen LogP contribution is -2.18. The first-order valence-corrected chi connectivity index (χ1v) is 14.2. The van der Waals surface area contributed by atoms with Gasteiger partial charge in [-0.25, -0.2) is 5.32 Å². The Balaban J connectivity index is 2.98. The minimum Gasteiger partial charge on any atom is -0.380 e. The minimum atomic E-state index is 0.774. The molecule has 1 radical (unpaired) electrons. The monoisotopic (exact) mass is 440 g/mol. The summed E-state index contributed by atoms with van der Waals surface area (Å²) in [4.78, 5) is 0. The lowest BCUT2D eigenvalue weighted by Gasteiger charge is -2.06. The normalized spacial score (nSPS) is 11.4. The predicted octanol–water partition coefficient (Wildman–Crippen LogP) is 8.47. The molecule has 3 nitrogen and oxygen atoms in total. The first-order chi connectivity index (χ1) is 15.4. The third-order valence-corrected chi connectivity index (χ3v) is 6.07. The quantitative estimate of drug-likeness (QED) is 0.114. The van der Waals surface area contributed by atoms with E-state index in [1.807, 2.05) is 0 Å². The molecule has 0 atom stereocenters. The van der Waals surface area contributed by atoms with E-state index in [0.717, 1.165) is 39.5 Å². The molecular formula is C28H58NO2. The van der Waals surface area contributed by atoms with Crippen LogP contribution in [0.3, 0.4) is 0 Å². The minimum absolute atomic E-state index is 0.774. The summed E-state index contributed by atoms with van der Waals surface area (Å²) in [5, 5.41) is 4.50. The van der Waals surface area contributed by atoms with Crippen LogP contribution in [0, 0.1) is 0 Å². The van der Waals surface area contributed by atoms with Crippen LogP contribution >= 0.6 is 0 Å². The Hall–Kier alpha value is -0.120. The van der Waals surface area contributed by atoms with Crippen LogP contribution in [0.1, 0.15) is 142 Å². The van der Waals surface area contributed by atoms with Crippen LogP contribution in [-0.2, 0) is 9.47 Å². The average Bonchev–Trinajstić information content (AvgIpc) is 2.78. The van der Waals surface area contributed by atoms with Crippen molar-refractivity contribution in [1.82, 2.24) is 5.32 Å². The van der Waals surface area contributed by atoms with E-state index >= 15 is 0 Å². The molecule has 0 aliphatic carbocycles. The van der Waals surface area contributed by atoms with Gasteiger partial charge in [0.05, 0.1) is 13.2 Å². The Morgan fingerprint density at radius 3 is 0.968 bits per heavy atom. The second-order valence-electron chi connectivity index (χ2n) is 9.26. The number of hydrogen-bond donors (Lipinski definition) is 0. The zero-order chi connectivity index (χ0) is 22.5. The lowest BCUT2D eigenvalue weighted by atomic mass is 10.1. The van der Waals surface area contributed by atoms with Crippen LogP contribution < -0.4 is 5.32 Å². The fourth-order valence-corrected chi connectivity index (χ4v) is 3.96. The fraction of sp³-hybridized carbons (Fsp3) is 1.00. The Morgan fingerprint density at radius 2 is 0.645 bits per heavy atom. The third-order valence-electron chi connectivity index (χ3n) is 6.07. The summed E-state index contributed by atoms with van der Waals surface area (Å²) in [6.07, 6.45) is 27.6. The van der Waals surface area contributed by atoms with Gasteiger partial charge in [-0.15, -0.1) is 0 Å². The van der Waals surface area contributed by atoms with Gasteiger partial charge in [0.25, 0.3) is 0 Å². The molecule has 0 bridgehead atoms. The number of hydrogen-bond acceptors (Lipinski definition) is 2. The zero-order valence-corrected chi connectivity index (χ0v) is 21.6. The van der Waals surface area contributed by atoms with Crippen LogP contribution in [-0.4, -0.2) is 39.5 Å². The summed E-state index contributed by atoms with van der Waals surface area (Å²) < 4.78 is 11.4. The predicted molar refractivity (Wildman–Crippen MR) is 137 cm³/mol. The number of rotatable bonds is 28. The molecule has 31 heavy (non-hydrogen) atoms. The molecule has 0 heterocycles. The summed E-state index contributed by atoms with van der Waals surface area (Å²) in [6, 6.07) is 0. The molecule has 0 spiro atoms. The molecule has 0 aromatic rings. The van der Waals surface area contributed by atoms with Crippen molar-refractivity contribution >= 4 is 0 Å². The molecule has 0 aromatic carbocycles. The maximum atomic E-state index is 5.69. The summed E-state index contributed by atoms with van der Waals surface area (Å²) in [5.74, 6) is 0. The van der Waals surface area contributed by atoms with Gasteiger partial charge < -0.3 is 9.47 Å². The van der Waals surface area contributed by atoms with Gasteiger partial charge >= 0.3 is 0 Å². The molecule has 3 heteroatoms. The van der Waals surface area contributed by atoms with Gasteiger partial charge in [-0.2, -0.15) is 0 Å². The molecule has 0 unspecified atom stereocenters. The average molecular weight is 441 g/mol. The van der Waals surface area contributed by atoms with Crippen molar-refractivity contribution < 1.29 is 9.47 Å². The van der Waals surface area contributed by atoms with Gasteiger partial charge in [-0.1, -0.05) is 129 Å². The molecule has 0 amide bonds. The van der Waals surface area contributed by atoms with Crippen LogP contribution in [0.15, 0.2) is 0 Å². The molecule has 0 fully saturated rings. The SMILES string of the molecule is CCCCCCCCCCCCOCC[N]CCOCCCCCCCCCCCC. The third kappa shape index (κ3) is 29.9. The van der Waals surface area contributed by atoms with E-state index in [0.29, 0.717) is 0 Å². The molecule has 187 valence electrons. The molecule has 0 N–H and O–H groups in total. The van der Waals surface area contributed by atoms with Gasteiger partial charge in [0.1, 0.15) is 0 Å². The summed E-state index contributed by atoms with van der Waals surface area (Å²) in [5.41, 5.74) is 0. The van der Waals surface area contributed by atoms with Crippen LogP contribution in [0.4, 0.5) is 0 Å². The Labute approximate surface area is 196 Å². The highest BCUT2D eigenvalue weighted by Gasteiger charge is 1.96. The molecule has 0 aliphatic rings. The highest BCUT2D eigenvalue weighted by Crippen LogP contribution is 2.11. The van der Waals surface area contributed by atoms with Crippen molar-refractivity contribution in [3.05, 3.63) is 0 Å². The van der Waals surface area contributed by atoms with Crippen molar-refractivity contribution in [2.45, 2.75) is 142 Å². The molecular weight excluding hydrogens is 382 g/mol. The summed E-state index contributed by atoms with van der Waals surface area (Å²) in [6.45, 7) is 9.56. The molecule has 0 rings (SSSR count). The largest absolute Gasteiger partial charge is 0.380 e. The Kier molecular flexibility index (Phi) is 29.8. The second kappa shape index (κ2) is 29.9. The standard InChI is InChI=1S/C28H58NO2/c1-3-5-7-9-11-13-15-17-19-21-25-30-27-23-29-24-28-31-26-22-20-18-16-14-12-10-8-6-4-2/h3-28H2,1-2H3. The molecule has 0 saturated heterocycles. The Morgan fingerprint density at radius 1 is 0.355 bits per heavy atom. The van der Waals surface area contributed by atoms with E-state index in [4.69, 9.17) is 9.47 Å². The summed E-state index contributed by atoms with van der Waals surface area (Å²) in [7, 11) is 0. The smallest absolute Gasteiger partial charge is 0.0607 e. The molecule has 0 saturated carbocycles. The van der Waals surface area contributed by atoms with Gasteiger partial charge in [-0.3, -0.25) is 0 Å². The maximum absolute atomic E-state index is 5.69. The number of nitrogens with zero attached hydrogens (tertiary/aromatic N) is 1. The fourth-order valence-electron chi connectivity index (χ4n) is 3.96. The molecule has 0 aliphatic heterocycles. The number of unbranched alkanes of at least 4 members (excludes halogenated alkanes) is 18. The van der Waals surface area contributed by atoms with Crippen molar-refractivity contribution in [2.75, 3.05) is 39.5 Å². The molecule has 0 aromatic heterocycles. The Bertz CT molecular complexity index is 271. The highest BCUT2D eigenvalue weighted by atomic mass is 16.5. The maximum Gasteiger partial charge on any atom is 0.0607 e. The lowest BCUT2D eigenvalue weighted by molar-refractivity contribution is 0.116. The van der Waals surface area contributed by atoms with Crippen molar-refractivity contribution in [1.29, 1.82) is 0 Å². The first kappa shape index (κ1) is 30.9. The first-order valence-electron chi connectivity index (χ1n) is 14.2. The van der Waals surface area contributed by atoms with Gasteiger partial charge in [0.15, 0.2) is 0 Å². The second-order valence-corrected chi connectivity index (χ2v) is 9.26. The zero-order valence-electron chi connectivity index (χ0n) is 21.6. The van der Waals surface area contributed by atoms with Crippen LogP contribution in [0.25, 0.3) is 0 Å². The van der Waals surface area contributed by atoms with E-state index in [1.165, 1.54) is 128 Å². The number of ether oxygens (including phenoxy) is 2. The van der Waals surface area contributed by atoms with E-state index in [9.17, 15) is 0 Å². The van der Waals surface area contributed by atoms with Crippen molar-refractivity contribution in [2.24, 2.45) is 0 Å². The highest BCUT2D eigenvalue weighted by molar-refractivity contribution is 4.50. The van der Waals surface area contributed by atoms with Gasteiger partial charge in [0, 0.05) is 26.3 Å². The topological polar surface area (TPSA) is 32.6 Å². The van der Waals surface area contributed by atoms with E-state index in [2.05, 4.69) is 19.2 Å². The van der Waals surface area contributed by atoms with Gasteiger partial charge in [0.2, 0.25) is 0 Å². The summed E-state index contributed by atoms with van der Waals surface area (Å²) >= 11 is 0. The van der Waals surface area contributed by atoms with E-state index in [1.54, 1.807) is 0 Å². The van der Waals surface area contributed by atoms with Crippen molar-refractivity contribution in [3.8, 4) is 0 Å². The van der Waals surface area contributed by atoms with Gasteiger partial charge in [-0.05, 0) is 12.8 Å². The van der Waals surface area contributed by atoms with E-state index < -0.39 is 0 Å². The van der Waals surface area contributed by atoms with Crippen molar-refractivity contribution in [3.63, 3.8) is 0 Å².